The van der Waals surface area contributed by atoms with Crippen LogP contribution in [-0.2, 0) is 0 Å². The maximum atomic E-state index is 12.5. The fourth-order valence-electron chi connectivity index (χ4n) is 3.03. The van der Waals surface area contributed by atoms with Crippen molar-refractivity contribution in [3.05, 3.63) is 72.3 Å². The van der Waals surface area contributed by atoms with Crippen LogP contribution in [0.5, 0.6) is 11.5 Å². The summed E-state index contributed by atoms with van der Waals surface area (Å²) < 4.78 is 11.4. The van der Waals surface area contributed by atoms with Crippen LogP contribution in [-0.4, -0.2) is 12.6 Å². The second kappa shape index (κ2) is 9.77. The normalized spacial score (nSPS) is 10.7. The minimum atomic E-state index is -0.363. The number of esters is 1. The van der Waals surface area contributed by atoms with Crippen LogP contribution in [0.15, 0.2) is 66.7 Å². The zero-order valence-corrected chi connectivity index (χ0v) is 15.8. The van der Waals surface area contributed by atoms with Gasteiger partial charge in [0.15, 0.2) is 0 Å². The molecule has 27 heavy (non-hydrogen) atoms. The molecule has 3 aromatic rings. The van der Waals surface area contributed by atoms with E-state index in [4.69, 9.17) is 9.47 Å². The van der Waals surface area contributed by atoms with Crippen LogP contribution >= 0.6 is 0 Å². The van der Waals surface area contributed by atoms with Crippen molar-refractivity contribution in [3.63, 3.8) is 0 Å². The minimum absolute atomic E-state index is 0.363. The van der Waals surface area contributed by atoms with Crippen LogP contribution in [0.3, 0.4) is 0 Å². The van der Waals surface area contributed by atoms with Crippen molar-refractivity contribution in [1.29, 1.82) is 0 Å². The van der Waals surface area contributed by atoms with Crippen molar-refractivity contribution in [2.75, 3.05) is 6.61 Å². The fraction of sp³-hybridized carbons (Fsp3) is 0.292. The number of benzene rings is 3. The van der Waals surface area contributed by atoms with Gasteiger partial charge in [-0.05, 0) is 42.1 Å². The highest BCUT2D eigenvalue weighted by Gasteiger charge is 2.11. The number of fused-ring (bicyclic) bond motifs is 1. The highest BCUT2D eigenvalue weighted by atomic mass is 16.5. The van der Waals surface area contributed by atoms with Crippen LogP contribution < -0.4 is 9.47 Å². The number of rotatable bonds is 9. The number of carbonyl (C=O) groups is 1. The molecule has 0 aliphatic heterocycles. The van der Waals surface area contributed by atoms with E-state index in [1.165, 1.54) is 25.7 Å². The van der Waals surface area contributed by atoms with E-state index in [1.807, 2.05) is 54.6 Å². The number of hydrogen-bond acceptors (Lipinski definition) is 3. The fourth-order valence-corrected chi connectivity index (χ4v) is 3.03. The predicted molar refractivity (Wildman–Crippen MR) is 110 cm³/mol. The van der Waals surface area contributed by atoms with Crippen LogP contribution in [0.2, 0.25) is 0 Å². The van der Waals surface area contributed by atoms with Crippen molar-refractivity contribution in [2.24, 2.45) is 0 Å². The third-order valence-corrected chi connectivity index (χ3v) is 4.56. The number of carbonyl (C=O) groups excluding carboxylic acids is 1. The Balaban J connectivity index is 1.56. The zero-order valence-electron chi connectivity index (χ0n) is 15.8. The molecule has 0 atom stereocenters. The smallest absolute Gasteiger partial charge is 0.343 e. The van der Waals surface area contributed by atoms with Crippen molar-refractivity contribution < 1.29 is 14.3 Å². The average Bonchev–Trinajstić information content (AvgIpc) is 2.71. The molecule has 0 radical (unpaired) electrons. The van der Waals surface area contributed by atoms with E-state index >= 15 is 0 Å². The van der Waals surface area contributed by atoms with Gasteiger partial charge in [0.05, 0.1) is 12.2 Å². The van der Waals surface area contributed by atoms with Crippen LogP contribution in [0.25, 0.3) is 10.8 Å². The Kier molecular flexibility index (Phi) is 6.86. The Morgan fingerprint density at radius 2 is 1.56 bits per heavy atom. The molecule has 0 aliphatic carbocycles. The molecule has 0 aliphatic rings. The van der Waals surface area contributed by atoms with Gasteiger partial charge in [0.2, 0.25) is 0 Å². The first-order valence-corrected chi connectivity index (χ1v) is 9.71. The third-order valence-electron chi connectivity index (χ3n) is 4.56. The Bertz CT molecular complexity index is 863. The first kappa shape index (κ1) is 19.0. The van der Waals surface area contributed by atoms with Gasteiger partial charge < -0.3 is 9.47 Å². The van der Waals surface area contributed by atoms with E-state index in [2.05, 4.69) is 6.92 Å². The molecule has 3 aromatic carbocycles. The van der Waals surface area contributed by atoms with Gasteiger partial charge in [0.1, 0.15) is 11.5 Å². The lowest BCUT2D eigenvalue weighted by Crippen LogP contribution is -2.08. The Morgan fingerprint density at radius 3 is 2.37 bits per heavy atom. The first-order chi connectivity index (χ1) is 13.3. The van der Waals surface area contributed by atoms with E-state index in [9.17, 15) is 4.79 Å². The Labute approximate surface area is 160 Å². The van der Waals surface area contributed by atoms with Gasteiger partial charge in [-0.2, -0.15) is 0 Å². The molecule has 0 saturated carbocycles. The highest BCUT2D eigenvalue weighted by Crippen LogP contribution is 2.26. The maximum Gasteiger partial charge on any atom is 0.343 e. The minimum Gasteiger partial charge on any atom is -0.494 e. The van der Waals surface area contributed by atoms with Crippen molar-refractivity contribution >= 4 is 16.7 Å². The maximum absolute atomic E-state index is 12.5. The molecule has 0 spiro atoms. The van der Waals surface area contributed by atoms with Gasteiger partial charge in [-0.1, -0.05) is 69.0 Å². The molecule has 0 unspecified atom stereocenters. The van der Waals surface area contributed by atoms with E-state index in [1.54, 1.807) is 12.1 Å². The molecule has 0 bridgehead atoms. The molecule has 0 fully saturated rings. The van der Waals surface area contributed by atoms with E-state index in [0.717, 1.165) is 22.9 Å². The summed E-state index contributed by atoms with van der Waals surface area (Å²) in [5.74, 6) is 0.996. The molecular formula is C24H26O3. The summed E-state index contributed by atoms with van der Waals surface area (Å²) in [5.41, 5.74) is 0.512. The topological polar surface area (TPSA) is 35.5 Å². The summed E-state index contributed by atoms with van der Waals surface area (Å²) in [7, 11) is 0. The first-order valence-electron chi connectivity index (χ1n) is 9.71. The predicted octanol–water partition coefficient (Wildman–Crippen LogP) is 6.41. The molecule has 3 rings (SSSR count). The zero-order chi connectivity index (χ0) is 18.9. The lowest BCUT2D eigenvalue weighted by Gasteiger charge is -2.09. The number of unbranched alkanes of at least 4 members (excludes halogenated alkanes) is 4. The summed E-state index contributed by atoms with van der Waals surface area (Å²) in [6, 6.07) is 20.7. The van der Waals surface area contributed by atoms with Crippen molar-refractivity contribution in [1.82, 2.24) is 0 Å². The lowest BCUT2D eigenvalue weighted by molar-refractivity contribution is 0.0737. The summed E-state index contributed by atoms with van der Waals surface area (Å²) in [6.45, 7) is 2.92. The second-order valence-electron chi connectivity index (χ2n) is 6.65. The Hall–Kier alpha value is -2.81. The van der Waals surface area contributed by atoms with Gasteiger partial charge >= 0.3 is 5.97 Å². The summed E-state index contributed by atoms with van der Waals surface area (Å²) in [5, 5.41) is 1.97. The average molecular weight is 362 g/mol. The molecule has 0 saturated heterocycles. The van der Waals surface area contributed by atoms with E-state index < -0.39 is 0 Å². The highest BCUT2D eigenvalue weighted by molar-refractivity contribution is 5.95. The third kappa shape index (κ3) is 5.33. The van der Waals surface area contributed by atoms with E-state index in [0.29, 0.717) is 17.9 Å². The van der Waals surface area contributed by atoms with Gasteiger partial charge in [-0.3, -0.25) is 0 Å². The van der Waals surface area contributed by atoms with Gasteiger partial charge in [-0.15, -0.1) is 0 Å². The molecule has 3 heteroatoms. The molecule has 0 amide bonds. The van der Waals surface area contributed by atoms with Gasteiger partial charge in [0, 0.05) is 5.39 Å². The number of hydrogen-bond donors (Lipinski definition) is 0. The molecule has 0 aromatic heterocycles. The van der Waals surface area contributed by atoms with Crippen LogP contribution in [0, 0.1) is 0 Å². The molecule has 0 N–H and O–H groups in total. The van der Waals surface area contributed by atoms with Gasteiger partial charge in [-0.25, -0.2) is 4.79 Å². The second-order valence-corrected chi connectivity index (χ2v) is 6.65. The lowest BCUT2D eigenvalue weighted by atomic mass is 10.1. The molecule has 0 heterocycles. The summed E-state index contributed by atoms with van der Waals surface area (Å²) in [4.78, 5) is 12.5. The Morgan fingerprint density at radius 1 is 0.815 bits per heavy atom. The monoisotopic (exact) mass is 362 g/mol. The SMILES string of the molecule is CCCCCCCOc1ccc(C(=O)Oc2cccc3ccccc23)cc1. The summed E-state index contributed by atoms with van der Waals surface area (Å²) >= 11 is 0. The van der Waals surface area contributed by atoms with Crippen molar-refractivity contribution in [3.8, 4) is 11.5 Å². The van der Waals surface area contributed by atoms with E-state index in [-0.39, 0.29) is 5.97 Å². The molecular weight excluding hydrogens is 336 g/mol. The molecule has 3 nitrogen and oxygen atoms in total. The van der Waals surface area contributed by atoms with Gasteiger partial charge in [0.25, 0.3) is 0 Å². The summed E-state index contributed by atoms with van der Waals surface area (Å²) in [6.07, 6.45) is 6.05. The largest absolute Gasteiger partial charge is 0.494 e. The molecule has 140 valence electrons. The van der Waals surface area contributed by atoms with Crippen molar-refractivity contribution in [2.45, 2.75) is 39.0 Å². The number of ether oxygens (including phenoxy) is 2. The van der Waals surface area contributed by atoms with Crippen LogP contribution in [0.4, 0.5) is 0 Å². The quantitative estimate of drug-likeness (QED) is 0.251. The standard InChI is InChI=1S/C24H26O3/c1-2-3-4-5-8-18-26-21-16-14-20(15-17-21)24(25)27-23-13-9-11-19-10-6-7-12-22(19)23/h6-7,9-17H,2-5,8,18H2,1H3. The van der Waals surface area contributed by atoms with Crippen LogP contribution in [0.1, 0.15) is 49.4 Å².